The predicted octanol–water partition coefficient (Wildman–Crippen LogP) is 3.11. The van der Waals surface area contributed by atoms with Crippen LogP contribution in [0, 0.1) is 11.6 Å². The van der Waals surface area contributed by atoms with Crippen LogP contribution < -0.4 is 5.32 Å². The normalized spacial score (nSPS) is 19.4. The smallest absolute Gasteiger partial charge is 0.337 e. The van der Waals surface area contributed by atoms with Crippen LogP contribution in [0.2, 0.25) is 0 Å². The first-order valence-corrected chi connectivity index (χ1v) is 8.35. The van der Waals surface area contributed by atoms with Gasteiger partial charge < -0.3 is 14.8 Å². The largest absolute Gasteiger partial charge is 0.466 e. The van der Waals surface area contributed by atoms with E-state index in [1.165, 1.54) is 6.92 Å². The minimum Gasteiger partial charge on any atom is -0.466 e. The molecule has 1 aromatic carbocycles. The van der Waals surface area contributed by atoms with Crippen molar-refractivity contribution in [3.8, 4) is 0 Å². The van der Waals surface area contributed by atoms with E-state index < -0.39 is 47.4 Å². The molecule has 2 aliphatic rings. The molecule has 0 unspecified atom stereocenters. The number of nitrogens with one attached hydrogen (secondary N) is 1. The first-order valence-electron chi connectivity index (χ1n) is 8.35. The second-order valence-corrected chi connectivity index (χ2v) is 6.76. The summed E-state index contributed by atoms with van der Waals surface area (Å²) in [6.07, 6.45) is -1.04. The molecule has 0 radical (unpaired) electrons. The first kappa shape index (κ1) is 19.9. The lowest BCUT2D eigenvalue weighted by atomic mass is 9.78. The number of cyclic esters (lactones) is 1. The number of carbonyl (C=O) groups excluding carboxylic acids is 2. The Kier molecular flexibility index (Phi) is 4.95. The van der Waals surface area contributed by atoms with Gasteiger partial charge in [-0.1, -0.05) is 0 Å². The standard InChI is InChI=1S/C19H17F4NO4/c1-8-14(17(25)27-3)15(16-13(24-8)7-28-18(16)26)10-4-9(20)5-12(21)11(10)6-19(2,22)23/h4-5,15,24H,6-7H2,1-3H3/t15-/m0/s1. The summed E-state index contributed by atoms with van der Waals surface area (Å²) in [5, 5.41) is 2.85. The number of benzene rings is 1. The lowest BCUT2D eigenvalue weighted by molar-refractivity contribution is -0.136. The summed E-state index contributed by atoms with van der Waals surface area (Å²) in [6, 6.07) is 1.34. The molecule has 1 aromatic rings. The number of halogens is 4. The van der Waals surface area contributed by atoms with Crippen LogP contribution in [-0.2, 0) is 25.5 Å². The molecule has 150 valence electrons. The van der Waals surface area contributed by atoms with Gasteiger partial charge in [-0.2, -0.15) is 0 Å². The number of carbonyl (C=O) groups is 2. The minimum absolute atomic E-state index is 0.0586. The van der Waals surface area contributed by atoms with Gasteiger partial charge in [0.05, 0.1) is 29.9 Å². The molecular weight excluding hydrogens is 382 g/mol. The fraction of sp³-hybridized carbons (Fsp3) is 0.368. The highest BCUT2D eigenvalue weighted by Gasteiger charge is 2.43. The van der Waals surface area contributed by atoms with E-state index in [0.29, 0.717) is 18.7 Å². The molecule has 28 heavy (non-hydrogen) atoms. The van der Waals surface area contributed by atoms with E-state index in [1.54, 1.807) is 0 Å². The molecule has 2 heterocycles. The third kappa shape index (κ3) is 3.48. The summed E-state index contributed by atoms with van der Waals surface area (Å²) in [6.45, 7) is 1.97. The van der Waals surface area contributed by atoms with Crippen molar-refractivity contribution in [2.24, 2.45) is 0 Å². The molecule has 3 rings (SSSR count). The Labute approximate surface area is 158 Å². The summed E-state index contributed by atoms with van der Waals surface area (Å²) in [7, 11) is 1.10. The van der Waals surface area contributed by atoms with Crippen LogP contribution in [0.15, 0.2) is 34.7 Å². The lowest BCUT2D eigenvalue weighted by Crippen LogP contribution is -2.31. The van der Waals surface area contributed by atoms with Crippen LogP contribution >= 0.6 is 0 Å². The maximum Gasteiger partial charge on any atom is 0.337 e. The predicted molar refractivity (Wildman–Crippen MR) is 89.3 cm³/mol. The number of alkyl halides is 2. The molecule has 0 amide bonds. The van der Waals surface area contributed by atoms with E-state index in [2.05, 4.69) is 5.32 Å². The summed E-state index contributed by atoms with van der Waals surface area (Å²) in [5.74, 6) is -8.49. The van der Waals surface area contributed by atoms with E-state index in [0.717, 1.165) is 13.2 Å². The molecule has 0 spiro atoms. The zero-order valence-corrected chi connectivity index (χ0v) is 15.3. The Hall–Kier alpha value is -2.84. The van der Waals surface area contributed by atoms with E-state index in [1.807, 2.05) is 0 Å². The van der Waals surface area contributed by atoms with Gasteiger partial charge in [0.25, 0.3) is 0 Å². The van der Waals surface area contributed by atoms with Gasteiger partial charge in [-0.25, -0.2) is 27.2 Å². The van der Waals surface area contributed by atoms with E-state index in [9.17, 15) is 27.2 Å². The second-order valence-electron chi connectivity index (χ2n) is 6.76. The van der Waals surface area contributed by atoms with Gasteiger partial charge in [0.2, 0.25) is 5.92 Å². The number of hydrogen-bond donors (Lipinski definition) is 1. The zero-order chi connectivity index (χ0) is 20.8. The molecule has 0 bridgehead atoms. The third-order valence-corrected chi connectivity index (χ3v) is 4.61. The maximum atomic E-state index is 14.5. The van der Waals surface area contributed by atoms with Crippen molar-refractivity contribution < 1.29 is 36.6 Å². The summed E-state index contributed by atoms with van der Waals surface area (Å²) >= 11 is 0. The Morgan fingerprint density at radius 2 is 2.04 bits per heavy atom. The number of allylic oxidation sites excluding steroid dienone is 1. The van der Waals surface area contributed by atoms with Crippen LogP contribution in [0.1, 0.15) is 30.9 Å². The number of rotatable bonds is 4. The Morgan fingerprint density at radius 1 is 1.36 bits per heavy atom. The van der Waals surface area contributed by atoms with E-state index in [4.69, 9.17) is 9.47 Å². The Bertz CT molecular complexity index is 931. The minimum atomic E-state index is -3.31. The summed E-state index contributed by atoms with van der Waals surface area (Å²) < 4.78 is 65.6. The second kappa shape index (κ2) is 6.96. The van der Waals surface area contributed by atoms with Gasteiger partial charge in [-0.3, -0.25) is 0 Å². The molecule has 0 fully saturated rings. The van der Waals surface area contributed by atoms with Gasteiger partial charge in [0, 0.05) is 18.2 Å². The highest BCUT2D eigenvalue weighted by Crippen LogP contribution is 2.44. The fourth-order valence-corrected chi connectivity index (χ4v) is 3.54. The highest BCUT2D eigenvalue weighted by molar-refractivity contribution is 6.01. The van der Waals surface area contributed by atoms with Gasteiger partial charge in [0.1, 0.15) is 18.2 Å². The average molecular weight is 399 g/mol. The molecule has 1 atom stereocenters. The van der Waals surface area contributed by atoms with Crippen molar-refractivity contribution in [1.29, 1.82) is 0 Å². The number of ether oxygens (including phenoxy) is 2. The number of esters is 2. The van der Waals surface area contributed by atoms with Crippen molar-refractivity contribution in [2.45, 2.75) is 32.1 Å². The first-order chi connectivity index (χ1) is 13.0. The van der Waals surface area contributed by atoms with Crippen LogP contribution in [0.3, 0.4) is 0 Å². The SMILES string of the molecule is COC(=O)C1=C(C)NC2=C(C(=O)OC2)[C@H]1c1cc(F)cc(F)c1CC(C)(F)F. The highest BCUT2D eigenvalue weighted by atomic mass is 19.3. The molecule has 2 aliphatic heterocycles. The molecule has 0 aliphatic carbocycles. The van der Waals surface area contributed by atoms with Gasteiger partial charge in [-0.15, -0.1) is 0 Å². The quantitative estimate of drug-likeness (QED) is 0.623. The molecule has 0 aromatic heterocycles. The third-order valence-electron chi connectivity index (χ3n) is 4.61. The van der Waals surface area contributed by atoms with Crippen molar-refractivity contribution >= 4 is 11.9 Å². The molecule has 9 heteroatoms. The van der Waals surface area contributed by atoms with Crippen LogP contribution in [0.4, 0.5) is 17.6 Å². The zero-order valence-electron chi connectivity index (χ0n) is 15.3. The number of hydrogen-bond acceptors (Lipinski definition) is 5. The summed E-state index contributed by atoms with van der Waals surface area (Å²) in [4.78, 5) is 24.7. The van der Waals surface area contributed by atoms with Crippen molar-refractivity contribution in [1.82, 2.24) is 5.32 Å². The van der Waals surface area contributed by atoms with Crippen molar-refractivity contribution in [2.75, 3.05) is 13.7 Å². The average Bonchev–Trinajstić information content (AvgIpc) is 2.95. The van der Waals surface area contributed by atoms with Crippen LogP contribution in [0.5, 0.6) is 0 Å². The van der Waals surface area contributed by atoms with Gasteiger partial charge >= 0.3 is 11.9 Å². The lowest BCUT2D eigenvalue weighted by Gasteiger charge is -2.29. The van der Waals surface area contributed by atoms with Crippen molar-refractivity contribution in [3.05, 3.63) is 57.4 Å². The molecule has 1 N–H and O–H groups in total. The molecular formula is C19H17F4NO4. The number of dihydropyridines is 1. The number of methoxy groups -OCH3 is 1. The van der Waals surface area contributed by atoms with Crippen LogP contribution in [-0.4, -0.2) is 31.6 Å². The monoisotopic (exact) mass is 399 g/mol. The molecule has 5 nitrogen and oxygen atoms in total. The summed E-state index contributed by atoms with van der Waals surface area (Å²) in [5.41, 5.74) is -0.317. The van der Waals surface area contributed by atoms with Crippen LogP contribution in [0.25, 0.3) is 0 Å². The van der Waals surface area contributed by atoms with Gasteiger partial charge in [-0.05, 0) is 31.0 Å². The topological polar surface area (TPSA) is 64.6 Å². The van der Waals surface area contributed by atoms with Crippen molar-refractivity contribution in [3.63, 3.8) is 0 Å². The van der Waals surface area contributed by atoms with E-state index in [-0.39, 0.29) is 29.0 Å². The van der Waals surface area contributed by atoms with E-state index >= 15 is 0 Å². The Balaban J connectivity index is 2.30. The molecule has 0 saturated heterocycles. The molecule has 0 saturated carbocycles. The van der Waals surface area contributed by atoms with Gasteiger partial charge in [0.15, 0.2) is 0 Å². The fourth-order valence-electron chi connectivity index (χ4n) is 3.54. The Morgan fingerprint density at radius 3 is 2.64 bits per heavy atom. The maximum absolute atomic E-state index is 14.5.